The number of ether oxygens (including phenoxy) is 1. The molecule has 0 aliphatic carbocycles. The molecule has 2 N–H and O–H groups in total. The van der Waals surface area contributed by atoms with E-state index in [0.717, 1.165) is 0 Å². The Labute approximate surface area is 108 Å². The van der Waals surface area contributed by atoms with Gasteiger partial charge in [-0.05, 0) is 34.6 Å². The van der Waals surface area contributed by atoms with Crippen LogP contribution in [0.4, 0.5) is 4.79 Å². The highest BCUT2D eigenvalue weighted by Gasteiger charge is 2.21. The predicted molar refractivity (Wildman–Crippen MR) is 66.7 cm³/mol. The number of rotatable bonds is 4. The maximum Gasteiger partial charge on any atom is 0.407 e. The second-order valence-electron chi connectivity index (χ2n) is 5.13. The fourth-order valence-electron chi connectivity index (χ4n) is 1.12. The lowest BCUT2D eigenvalue weighted by atomic mass is 10.1. The zero-order valence-corrected chi connectivity index (χ0v) is 11.5. The Hall–Kier alpha value is -1.77. The van der Waals surface area contributed by atoms with Crippen LogP contribution in [0.2, 0.25) is 0 Å². The number of alkyl carbamates (subject to hydrolysis) is 1. The third-order valence-corrected chi connectivity index (χ3v) is 2.12. The lowest BCUT2D eigenvalue weighted by Gasteiger charge is -2.25. The average Bonchev–Trinajstić information content (AvgIpc) is 2.14. The van der Waals surface area contributed by atoms with Crippen molar-refractivity contribution in [2.45, 2.75) is 58.7 Å². The second-order valence-corrected chi connectivity index (χ2v) is 5.13. The van der Waals surface area contributed by atoms with Crippen molar-refractivity contribution in [3.8, 4) is 6.07 Å². The lowest BCUT2D eigenvalue weighted by molar-refractivity contribution is -0.120. The first-order valence-electron chi connectivity index (χ1n) is 5.81. The molecule has 2 amide bonds. The van der Waals surface area contributed by atoms with Crippen LogP contribution in [-0.2, 0) is 9.53 Å². The highest BCUT2D eigenvalue weighted by molar-refractivity contribution is 5.78. The minimum atomic E-state index is -0.558. The molecule has 6 heteroatoms. The second kappa shape index (κ2) is 6.84. The van der Waals surface area contributed by atoms with Crippen LogP contribution in [-0.4, -0.2) is 29.7 Å². The summed E-state index contributed by atoms with van der Waals surface area (Å²) in [5.41, 5.74) is -0.558. The first-order valence-corrected chi connectivity index (χ1v) is 5.81. The summed E-state index contributed by atoms with van der Waals surface area (Å²) in [6.45, 7) is 8.82. The fourth-order valence-corrected chi connectivity index (χ4v) is 1.12. The SMILES string of the molecule is C[C@H](NC(=O)CC#N)[C@@H](C)NC(=O)OC(C)(C)C. The summed E-state index contributed by atoms with van der Waals surface area (Å²) in [6, 6.07) is 1.19. The molecule has 0 saturated carbocycles. The smallest absolute Gasteiger partial charge is 0.407 e. The van der Waals surface area contributed by atoms with E-state index in [9.17, 15) is 9.59 Å². The molecule has 0 saturated heterocycles. The minimum Gasteiger partial charge on any atom is -0.444 e. The van der Waals surface area contributed by atoms with E-state index < -0.39 is 11.7 Å². The molecule has 2 atom stereocenters. The number of nitrogens with zero attached hydrogens (tertiary/aromatic N) is 1. The number of amides is 2. The third kappa shape index (κ3) is 7.49. The van der Waals surface area contributed by atoms with Gasteiger partial charge in [-0.1, -0.05) is 0 Å². The Bertz CT molecular complexity index is 341. The Kier molecular flexibility index (Phi) is 6.17. The van der Waals surface area contributed by atoms with Crippen LogP contribution >= 0.6 is 0 Å². The van der Waals surface area contributed by atoms with E-state index in [-0.39, 0.29) is 24.4 Å². The monoisotopic (exact) mass is 255 g/mol. The molecule has 0 rings (SSSR count). The molecule has 0 radical (unpaired) electrons. The molecule has 0 aliphatic heterocycles. The third-order valence-electron chi connectivity index (χ3n) is 2.12. The minimum absolute atomic E-state index is 0.191. The van der Waals surface area contributed by atoms with Crippen LogP contribution in [0, 0.1) is 11.3 Å². The highest BCUT2D eigenvalue weighted by Crippen LogP contribution is 2.07. The molecule has 0 fully saturated rings. The van der Waals surface area contributed by atoms with Crippen molar-refractivity contribution in [1.29, 1.82) is 5.26 Å². The number of carbonyl (C=O) groups is 2. The maximum absolute atomic E-state index is 11.5. The molecule has 0 aromatic rings. The number of hydrogen-bond donors (Lipinski definition) is 2. The number of nitrogens with one attached hydrogen (secondary N) is 2. The molecule has 102 valence electrons. The van der Waals surface area contributed by atoms with E-state index in [1.165, 1.54) is 0 Å². The van der Waals surface area contributed by atoms with Gasteiger partial charge in [0.15, 0.2) is 0 Å². The van der Waals surface area contributed by atoms with Crippen LogP contribution in [0.25, 0.3) is 0 Å². The highest BCUT2D eigenvalue weighted by atomic mass is 16.6. The molecule has 0 aromatic heterocycles. The van der Waals surface area contributed by atoms with Gasteiger partial charge in [-0.25, -0.2) is 4.79 Å². The van der Waals surface area contributed by atoms with Crippen molar-refractivity contribution in [2.75, 3.05) is 0 Å². The van der Waals surface area contributed by atoms with Gasteiger partial charge in [0.2, 0.25) is 5.91 Å². The average molecular weight is 255 g/mol. The number of hydrogen-bond acceptors (Lipinski definition) is 4. The predicted octanol–water partition coefficient (Wildman–Crippen LogP) is 1.32. The summed E-state index contributed by atoms with van der Waals surface area (Å²) in [6.07, 6.45) is -0.722. The van der Waals surface area contributed by atoms with Gasteiger partial charge in [0.25, 0.3) is 0 Å². The largest absolute Gasteiger partial charge is 0.444 e. The van der Waals surface area contributed by atoms with Gasteiger partial charge in [0.05, 0.1) is 6.07 Å². The maximum atomic E-state index is 11.5. The number of carbonyl (C=O) groups excluding carboxylic acids is 2. The molecule has 18 heavy (non-hydrogen) atoms. The lowest BCUT2D eigenvalue weighted by Crippen LogP contribution is -2.49. The molecule has 0 spiro atoms. The van der Waals surface area contributed by atoms with E-state index in [1.807, 2.05) is 0 Å². The van der Waals surface area contributed by atoms with Gasteiger partial charge in [0, 0.05) is 12.1 Å². The van der Waals surface area contributed by atoms with Crippen molar-refractivity contribution < 1.29 is 14.3 Å². The van der Waals surface area contributed by atoms with Crippen molar-refractivity contribution >= 4 is 12.0 Å². The van der Waals surface area contributed by atoms with E-state index in [1.54, 1.807) is 40.7 Å². The molecule has 0 bridgehead atoms. The normalized spacial score (nSPS) is 14.0. The van der Waals surface area contributed by atoms with Gasteiger partial charge in [0.1, 0.15) is 12.0 Å². The van der Waals surface area contributed by atoms with E-state index in [0.29, 0.717) is 0 Å². The Morgan fingerprint density at radius 2 is 1.72 bits per heavy atom. The van der Waals surface area contributed by atoms with Crippen LogP contribution in [0.1, 0.15) is 41.0 Å². The fraction of sp³-hybridized carbons (Fsp3) is 0.750. The van der Waals surface area contributed by atoms with Gasteiger partial charge < -0.3 is 15.4 Å². The Balaban J connectivity index is 4.16. The number of nitriles is 1. The van der Waals surface area contributed by atoms with Gasteiger partial charge in [-0.2, -0.15) is 5.26 Å². The van der Waals surface area contributed by atoms with E-state index >= 15 is 0 Å². The van der Waals surface area contributed by atoms with E-state index in [2.05, 4.69) is 10.6 Å². The summed E-state index contributed by atoms with van der Waals surface area (Å²) >= 11 is 0. The molecule has 0 heterocycles. The van der Waals surface area contributed by atoms with Crippen LogP contribution in [0.3, 0.4) is 0 Å². The molecule has 0 aliphatic rings. The standard InChI is InChI=1S/C12H21N3O3/c1-8(14-10(16)6-7-13)9(2)15-11(17)18-12(3,4)5/h8-9H,6H2,1-5H3,(H,14,16)(H,15,17)/t8-,9+/m0/s1. The van der Waals surface area contributed by atoms with Gasteiger partial charge in [-0.3, -0.25) is 4.79 Å². The summed E-state index contributed by atoms with van der Waals surface area (Å²) in [5, 5.41) is 13.6. The molecule has 0 unspecified atom stereocenters. The summed E-state index contributed by atoms with van der Waals surface area (Å²) in [4.78, 5) is 22.7. The van der Waals surface area contributed by atoms with Crippen molar-refractivity contribution in [3.63, 3.8) is 0 Å². The van der Waals surface area contributed by atoms with Gasteiger partial charge in [-0.15, -0.1) is 0 Å². The van der Waals surface area contributed by atoms with Crippen LogP contribution < -0.4 is 10.6 Å². The van der Waals surface area contributed by atoms with Crippen molar-refractivity contribution in [3.05, 3.63) is 0 Å². The van der Waals surface area contributed by atoms with Crippen molar-refractivity contribution in [1.82, 2.24) is 10.6 Å². The zero-order valence-electron chi connectivity index (χ0n) is 11.5. The summed E-state index contributed by atoms with van der Waals surface area (Å²) in [5.74, 6) is -0.358. The Morgan fingerprint density at radius 3 is 2.17 bits per heavy atom. The van der Waals surface area contributed by atoms with Crippen LogP contribution in [0.15, 0.2) is 0 Å². The Morgan fingerprint density at radius 1 is 1.22 bits per heavy atom. The topological polar surface area (TPSA) is 91.2 Å². The summed E-state index contributed by atoms with van der Waals surface area (Å²) in [7, 11) is 0. The molecule has 6 nitrogen and oxygen atoms in total. The quantitative estimate of drug-likeness (QED) is 0.792. The van der Waals surface area contributed by atoms with Gasteiger partial charge >= 0.3 is 6.09 Å². The van der Waals surface area contributed by atoms with E-state index in [4.69, 9.17) is 10.00 Å². The first-order chi connectivity index (χ1) is 8.15. The molecular weight excluding hydrogens is 234 g/mol. The summed E-state index contributed by atoms with van der Waals surface area (Å²) < 4.78 is 5.10. The van der Waals surface area contributed by atoms with Crippen LogP contribution in [0.5, 0.6) is 0 Å². The molecule has 0 aromatic carbocycles. The van der Waals surface area contributed by atoms with Crippen molar-refractivity contribution in [2.24, 2.45) is 0 Å². The zero-order chi connectivity index (χ0) is 14.3. The molecular formula is C12H21N3O3. The first kappa shape index (κ1) is 16.2.